The Balaban J connectivity index is 2.32. The van der Waals surface area contributed by atoms with Crippen molar-refractivity contribution in [1.82, 2.24) is 5.32 Å². The molecule has 1 aromatic carbocycles. The molecular weight excluding hydrogens is 266 g/mol. The van der Waals surface area contributed by atoms with Gasteiger partial charge in [0, 0.05) is 22.9 Å². The van der Waals surface area contributed by atoms with Gasteiger partial charge in [-0.05, 0) is 39.7 Å². The van der Waals surface area contributed by atoms with E-state index in [9.17, 15) is 9.59 Å². The molecule has 1 heterocycles. The molecular formula is C17H21NO3. The van der Waals surface area contributed by atoms with Gasteiger partial charge in [0.1, 0.15) is 0 Å². The lowest BCUT2D eigenvalue weighted by molar-refractivity contribution is -0.154. The molecule has 1 N–H and O–H groups in total. The zero-order valence-corrected chi connectivity index (χ0v) is 12.9. The molecule has 0 fully saturated rings. The number of carbonyl (C=O) groups excluding carboxylic acids is 2. The predicted octanol–water partition coefficient (Wildman–Crippen LogP) is 2.47. The standard InChI is InChI=1S/C17H21NO3/c1-11(2)21-16(20)15(19)9-14-13-8-6-5-7-12(13)10-17(3,4)18-14/h5-9,11,18H,10H2,1-4H3. The Morgan fingerprint density at radius 2 is 1.95 bits per heavy atom. The largest absolute Gasteiger partial charge is 0.457 e. The third-order valence-corrected chi connectivity index (χ3v) is 3.23. The Bertz CT molecular complexity index is 600. The third-order valence-electron chi connectivity index (χ3n) is 3.23. The molecule has 0 bridgehead atoms. The van der Waals surface area contributed by atoms with Crippen LogP contribution >= 0.6 is 0 Å². The van der Waals surface area contributed by atoms with Crippen molar-refractivity contribution in [3.8, 4) is 0 Å². The molecule has 0 radical (unpaired) electrons. The first-order chi connectivity index (χ1) is 9.78. The summed E-state index contributed by atoms with van der Waals surface area (Å²) in [6.07, 6.45) is 1.90. The summed E-state index contributed by atoms with van der Waals surface area (Å²) in [5.41, 5.74) is 2.63. The summed E-state index contributed by atoms with van der Waals surface area (Å²) in [6.45, 7) is 7.56. The summed E-state index contributed by atoms with van der Waals surface area (Å²) in [7, 11) is 0. The van der Waals surface area contributed by atoms with Crippen LogP contribution in [0.2, 0.25) is 0 Å². The molecule has 0 aromatic heterocycles. The quantitative estimate of drug-likeness (QED) is 0.527. The first-order valence-corrected chi connectivity index (χ1v) is 7.11. The first kappa shape index (κ1) is 15.3. The Kier molecular flexibility index (Phi) is 4.16. The zero-order valence-electron chi connectivity index (χ0n) is 12.9. The zero-order chi connectivity index (χ0) is 15.6. The van der Waals surface area contributed by atoms with Crippen LogP contribution in [-0.4, -0.2) is 23.4 Å². The second kappa shape index (κ2) is 5.72. The summed E-state index contributed by atoms with van der Waals surface area (Å²) >= 11 is 0. The van der Waals surface area contributed by atoms with Gasteiger partial charge in [-0.15, -0.1) is 0 Å². The highest BCUT2D eigenvalue weighted by atomic mass is 16.5. The molecule has 0 spiro atoms. The molecule has 0 saturated heterocycles. The van der Waals surface area contributed by atoms with Crippen LogP contribution in [0.3, 0.4) is 0 Å². The molecule has 0 unspecified atom stereocenters. The van der Waals surface area contributed by atoms with Crippen molar-refractivity contribution >= 4 is 17.4 Å². The van der Waals surface area contributed by atoms with Crippen LogP contribution in [0, 0.1) is 0 Å². The molecule has 0 aliphatic carbocycles. The van der Waals surface area contributed by atoms with Crippen LogP contribution in [0.25, 0.3) is 5.70 Å². The number of nitrogens with one attached hydrogen (secondary N) is 1. The number of esters is 1. The smallest absolute Gasteiger partial charge is 0.379 e. The molecule has 0 amide bonds. The van der Waals surface area contributed by atoms with Gasteiger partial charge in [-0.25, -0.2) is 4.79 Å². The fourth-order valence-electron chi connectivity index (χ4n) is 2.47. The number of hydrogen-bond donors (Lipinski definition) is 1. The molecule has 0 saturated carbocycles. The van der Waals surface area contributed by atoms with Crippen LogP contribution < -0.4 is 5.32 Å². The highest BCUT2D eigenvalue weighted by molar-refractivity contribution is 6.39. The lowest BCUT2D eigenvalue weighted by Gasteiger charge is -2.35. The average Bonchev–Trinajstić information content (AvgIpc) is 2.36. The van der Waals surface area contributed by atoms with E-state index in [4.69, 9.17) is 4.74 Å². The van der Waals surface area contributed by atoms with Crippen LogP contribution in [0.15, 0.2) is 30.3 Å². The molecule has 112 valence electrons. The van der Waals surface area contributed by atoms with Crippen molar-refractivity contribution in [2.75, 3.05) is 0 Å². The van der Waals surface area contributed by atoms with E-state index in [0.29, 0.717) is 5.70 Å². The Morgan fingerprint density at radius 1 is 1.29 bits per heavy atom. The molecule has 4 nitrogen and oxygen atoms in total. The van der Waals surface area contributed by atoms with E-state index in [0.717, 1.165) is 17.5 Å². The highest BCUT2D eigenvalue weighted by Gasteiger charge is 2.28. The number of carbonyl (C=O) groups is 2. The molecule has 1 aliphatic rings. The Hall–Kier alpha value is -2.10. The molecule has 4 heteroatoms. The van der Waals surface area contributed by atoms with Crippen molar-refractivity contribution in [2.24, 2.45) is 0 Å². The van der Waals surface area contributed by atoms with Gasteiger partial charge in [0.15, 0.2) is 0 Å². The van der Waals surface area contributed by atoms with Crippen molar-refractivity contribution in [3.05, 3.63) is 41.5 Å². The van der Waals surface area contributed by atoms with Gasteiger partial charge < -0.3 is 10.1 Å². The van der Waals surface area contributed by atoms with Gasteiger partial charge in [-0.3, -0.25) is 4.79 Å². The van der Waals surface area contributed by atoms with Crippen LogP contribution in [0.5, 0.6) is 0 Å². The number of ketones is 1. The fourth-order valence-corrected chi connectivity index (χ4v) is 2.47. The number of benzene rings is 1. The lowest BCUT2D eigenvalue weighted by atomic mass is 9.85. The summed E-state index contributed by atoms with van der Waals surface area (Å²) in [6, 6.07) is 7.89. The highest BCUT2D eigenvalue weighted by Crippen LogP contribution is 2.29. The minimum absolute atomic E-state index is 0.164. The third kappa shape index (κ3) is 3.72. The van der Waals surface area contributed by atoms with E-state index in [1.807, 2.05) is 24.3 Å². The minimum atomic E-state index is -0.819. The van der Waals surface area contributed by atoms with Crippen molar-refractivity contribution < 1.29 is 14.3 Å². The van der Waals surface area contributed by atoms with Crippen molar-refractivity contribution in [3.63, 3.8) is 0 Å². The van der Waals surface area contributed by atoms with E-state index >= 15 is 0 Å². The minimum Gasteiger partial charge on any atom is -0.457 e. The predicted molar refractivity (Wildman–Crippen MR) is 81.6 cm³/mol. The van der Waals surface area contributed by atoms with E-state index in [-0.39, 0.29) is 11.6 Å². The van der Waals surface area contributed by atoms with Crippen molar-refractivity contribution in [1.29, 1.82) is 0 Å². The topological polar surface area (TPSA) is 55.4 Å². The maximum Gasteiger partial charge on any atom is 0.379 e. The SMILES string of the molecule is CC(C)OC(=O)C(=O)C=C1NC(C)(C)Cc2ccccc21. The normalized spacial score (nSPS) is 18.0. The lowest BCUT2D eigenvalue weighted by Crippen LogP contribution is -2.44. The van der Waals surface area contributed by atoms with Gasteiger partial charge in [0.05, 0.1) is 6.10 Å². The summed E-state index contributed by atoms with van der Waals surface area (Å²) in [5.74, 6) is -1.46. The number of hydrogen-bond acceptors (Lipinski definition) is 4. The molecule has 1 aromatic rings. The Morgan fingerprint density at radius 3 is 2.62 bits per heavy atom. The molecule has 0 atom stereocenters. The van der Waals surface area contributed by atoms with Crippen molar-refractivity contribution in [2.45, 2.75) is 45.8 Å². The summed E-state index contributed by atoms with van der Waals surface area (Å²) < 4.78 is 4.93. The van der Waals surface area contributed by atoms with Gasteiger partial charge in [-0.2, -0.15) is 0 Å². The molecule has 1 aliphatic heterocycles. The number of fused-ring (bicyclic) bond motifs is 1. The fraction of sp³-hybridized carbons (Fsp3) is 0.412. The average molecular weight is 287 g/mol. The molecule has 21 heavy (non-hydrogen) atoms. The van der Waals surface area contributed by atoms with Gasteiger partial charge in [0.2, 0.25) is 0 Å². The summed E-state index contributed by atoms with van der Waals surface area (Å²) in [4.78, 5) is 23.6. The second-order valence-corrected chi connectivity index (χ2v) is 6.22. The Labute approximate surface area is 125 Å². The van der Waals surface area contributed by atoms with Gasteiger partial charge in [-0.1, -0.05) is 24.3 Å². The van der Waals surface area contributed by atoms with E-state index in [1.54, 1.807) is 13.8 Å². The van der Waals surface area contributed by atoms with E-state index in [2.05, 4.69) is 19.2 Å². The number of rotatable bonds is 3. The second-order valence-electron chi connectivity index (χ2n) is 6.22. The first-order valence-electron chi connectivity index (χ1n) is 7.11. The van der Waals surface area contributed by atoms with E-state index in [1.165, 1.54) is 6.08 Å². The molecule has 2 rings (SSSR count). The van der Waals surface area contributed by atoms with Gasteiger partial charge in [0.25, 0.3) is 5.78 Å². The van der Waals surface area contributed by atoms with Gasteiger partial charge >= 0.3 is 5.97 Å². The van der Waals surface area contributed by atoms with Crippen LogP contribution in [0.4, 0.5) is 0 Å². The maximum absolute atomic E-state index is 12.0. The maximum atomic E-state index is 12.0. The monoisotopic (exact) mass is 287 g/mol. The van der Waals surface area contributed by atoms with Crippen LogP contribution in [0.1, 0.15) is 38.8 Å². The van der Waals surface area contributed by atoms with Crippen LogP contribution in [-0.2, 0) is 20.7 Å². The summed E-state index contributed by atoms with van der Waals surface area (Å²) in [5, 5.41) is 3.32. The van der Waals surface area contributed by atoms with E-state index < -0.39 is 11.8 Å². The number of ether oxygens (including phenoxy) is 1.